The number of likely N-dealkylation sites (tertiary alicyclic amines) is 1. The van der Waals surface area contributed by atoms with Crippen LogP contribution in [0.2, 0.25) is 0 Å². The van der Waals surface area contributed by atoms with E-state index in [1.807, 2.05) is 0 Å². The molecule has 2 nitrogen and oxygen atoms in total. The van der Waals surface area contributed by atoms with E-state index in [2.05, 4.69) is 29.2 Å². The van der Waals surface area contributed by atoms with Crippen molar-refractivity contribution in [1.29, 1.82) is 5.26 Å². The van der Waals surface area contributed by atoms with Crippen LogP contribution in [0.3, 0.4) is 0 Å². The summed E-state index contributed by atoms with van der Waals surface area (Å²) in [5.41, 5.74) is 1.52. The lowest BCUT2D eigenvalue weighted by Gasteiger charge is -2.33. The zero-order valence-electron chi connectivity index (χ0n) is 7.74. The Hall–Kier alpha value is -1.07. The van der Waals surface area contributed by atoms with Gasteiger partial charge < -0.3 is 0 Å². The summed E-state index contributed by atoms with van der Waals surface area (Å²) in [7, 11) is 0. The van der Waals surface area contributed by atoms with E-state index in [1.54, 1.807) is 0 Å². The monoisotopic (exact) mass is 174 g/mol. The summed E-state index contributed by atoms with van der Waals surface area (Å²) in [5, 5.41) is 8.59. The molecular weight excluding hydrogens is 160 g/mol. The van der Waals surface area contributed by atoms with E-state index in [1.165, 1.54) is 18.4 Å². The van der Waals surface area contributed by atoms with Gasteiger partial charge in [-0.15, -0.1) is 0 Å². The summed E-state index contributed by atoms with van der Waals surface area (Å²) in [5.74, 6) is 0.764. The van der Waals surface area contributed by atoms with Gasteiger partial charge in [0.2, 0.25) is 0 Å². The van der Waals surface area contributed by atoms with Gasteiger partial charge in [-0.1, -0.05) is 23.8 Å². The van der Waals surface area contributed by atoms with Gasteiger partial charge in [-0.05, 0) is 18.8 Å². The number of nitriles is 1. The van der Waals surface area contributed by atoms with Crippen LogP contribution in [0.25, 0.3) is 0 Å². The zero-order valence-corrected chi connectivity index (χ0v) is 7.74. The summed E-state index contributed by atoms with van der Waals surface area (Å²) in [6.07, 6.45) is 9.03. The fourth-order valence-electron chi connectivity index (χ4n) is 2.12. The van der Waals surface area contributed by atoms with E-state index >= 15 is 0 Å². The average Bonchev–Trinajstić information content (AvgIpc) is 2.18. The van der Waals surface area contributed by atoms with Gasteiger partial charge in [0.25, 0.3) is 0 Å². The van der Waals surface area contributed by atoms with E-state index in [9.17, 15) is 0 Å². The highest BCUT2D eigenvalue weighted by Gasteiger charge is 2.23. The van der Waals surface area contributed by atoms with Gasteiger partial charge in [-0.3, -0.25) is 4.90 Å². The van der Waals surface area contributed by atoms with Crippen LogP contribution in [0, 0.1) is 17.2 Å². The van der Waals surface area contributed by atoms with Crippen LogP contribution in [-0.4, -0.2) is 24.5 Å². The van der Waals surface area contributed by atoms with E-state index in [4.69, 9.17) is 5.26 Å². The normalized spacial score (nSPS) is 27.6. The first-order valence-corrected chi connectivity index (χ1v) is 4.85. The first-order chi connectivity index (χ1) is 6.40. The number of nitrogens with zero attached hydrogens (tertiary/aromatic N) is 2. The van der Waals surface area contributed by atoms with E-state index < -0.39 is 0 Å². The van der Waals surface area contributed by atoms with Crippen molar-refractivity contribution in [2.75, 3.05) is 19.6 Å². The minimum Gasteiger partial charge on any atom is -0.287 e. The SMILES string of the molecule is N#CCN1CCC2CC=CC=C2C1. The highest BCUT2D eigenvalue weighted by Crippen LogP contribution is 2.28. The lowest BCUT2D eigenvalue weighted by molar-refractivity contribution is 0.257. The van der Waals surface area contributed by atoms with Crippen LogP contribution < -0.4 is 0 Å². The second-order valence-electron chi connectivity index (χ2n) is 3.76. The molecule has 0 aromatic carbocycles. The Bertz CT molecular complexity index is 283. The first-order valence-electron chi connectivity index (χ1n) is 4.85. The lowest BCUT2D eigenvalue weighted by atomic mass is 9.85. The predicted octanol–water partition coefficient (Wildman–Crippen LogP) is 1.72. The molecule has 1 aliphatic heterocycles. The third kappa shape index (κ3) is 1.81. The molecule has 2 rings (SSSR count). The highest BCUT2D eigenvalue weighted by atomic mass is 15.1. The maximum absolute atomic E-state index is 8.59. The van der Waals surface area contributed by atoms with Crippen molar-refractivity contribution in [2.45, 2.75) is 12.8 Å². The number of piperidine rings is 1. The van der Waals surface area contributed by atoms with Gasteiger partial charge in [0.1, 0.15) is 0 Å². The molecule has 0 aromatic heterocycles. The Labute approximate surface area is 79.2 Å². The molecule has 0 aromatic rings. The van der Waals surface area contributed by atoms with Crippen molar-refractivity contribution in [2.24, 2.45) is 5.92 Å². The third-order valence-corrected chi connectivity index (χ3v) is 2.89. The topological polar surface area (TPSA) is 27.0 Å². The van der Waals surface area contributed by atoms with Gasteiger partial charge >= 0.3 is 0 Å². The van der Waals surface area contributed by atoms with Crippen molar-refractivity contribution >= 4 is 0 Å². The molecule has 0 amide bonds. The Morgan fingerprint density at radius 2 is 2.54 bits per heavy atom. The summed E-state index contributed by atoms with van der Waals surface area (Å²) in [4.78, 5) is 2.22. The summed E-state index contributed by atoms with van der Waals surface area (Å²) < 4.78 is 0. The fourth-order valence-corrected chi connectivity index (χ4v) is 2.12. The molecule has 1 heterocycles. The average molecular weight is 174 g/mol. The molecule has 0 spiro atoms. The summed E-state index contributed by atoms with van der Waals surface area (Å²) in [6, 6.07) is 2.21. The molecule has 2 aliphatic rings. The highest BCUT2D eigenvalue weighted by molar-refractivity contribution is 5.23. The van der Waals surface area contributed by atoms with Crippen molar-refractivity contribution in [3.63, 3.8) is 0 Å². The van der Waals surface area contributed by atoms with E-state index in [0.29, 0.717) is 6.54 Å². The van der Waals surface area contributed by atoms with E-state index in [-0.39, 0.29) is 0 Å². The van der Waals surface area contributed by atoms with Gasteiger partial charge in [-0.2, -0.15) is 5.26 Å². The quantitative estimate of drug-likeness (QED) is 0.566. The van der Waals surface area contributed by atoms with Gasteiger partial charge in [0, 0.05) is 13.1 Å². The van der Waals surface area contributed by atoms with Gasteiger partial charge in [0.15, 0.2) is 0 Å². The molecule has 1 fully saturated rings. The van der Waals surface area contributed by atoms with Crippen molar-refractivity contribution in [3.05, 3.63) is 23.8 Å². The second-order valence-corrected chi connectivity index (χ2v) is 3.76. The molecule has 1 atom stereocenters. The molecular formula is C11H14N2. The number of allylic oxidation sites excluding steroid dienone is 3. The lowest BCUT2D eigenvalue weighted by Crippen LogP contribution is -2.36. The molecule has 1 saturated heterocycles. The molecule has 0 saturated carbocycles. The molecule has 2 heteroatoms. The largest absolute Gasteiger partial charge is 0.287 e. The molecule has 0 radical (unpaired) electrons. The number of rotatable bonds is 1. The number of fused-ring (bicyclic) bond motifs is 1. The maximum atomic E-state index is 8.59. The van der Waals surface area contributed by atoms with Crippen molar-refractivity contribution in [3.8, 4) is 6.07 Å². The number of hydrogen-bond acceptors (Lipinski definition) is 2. The zero-order chi connectivity index (χ0) is 9.10. The molecule has 0 N–H and O–H groups in total. The second kappa shape index (κ2) is 3.76. The van der Waals surface area contributed by atoms with Crippen LogP contribution in [0.1, 0.15) is 12.8 Å². The van der Waals surface area contributed by atoms with Crippen molar-refractivity contribution in [1.82, 2.24) is 4.90 Å². The third-order valence-electron chi connectivity index (χ3n) is 2.89. The number of hydrogen-bond donors (Lipinski definition) is 0. The Morgan fingerprint density at radius 1 is 1.62 bits per heavy atom. The molecule has 0 bridgehead atoms. The smallest absolute Gasteiger partial charge is 0.0868 e. The van der Waals surface area contributed by atoms with Crippen molar-refractivity contribution < 1.29 is 0 Å². The van der Waals surface area contributed by atoms with Crippen LogP contribution in [-0.2, 0) is 0 Å². The fraction of sp³-hybridized carbons (Fsp3) is 0.545. The summed E-state index contributed by atoms with van der Waals surface area (Å²) in [6.45, 7) is 2.67. The van der Waals surface area contributed by atoms with E-state index in [0.717, 1.165) is 19.0 Å². The van der Waals surface area contributed by atoms with Crippen LogP contribution in [0.15, 0.2) is 23.8 Å². The molecule has 68 valence electrons. The van der Waals surface area contributed by atoms with Gasteiger partial charge in [0.05, 0.1) is 12.6 Å². The Morgan fingerprint density at radius 3 is 3.38 bits per heavy atom. The predicted molar refractivity (Wildman–Crippen MR) is 52.0 cm³/mol. The minimum absolute atomic E-state index is 0.577. The van der Waals surface area contributed by atoms with Crippen LogP contribution >= 0.6 is 0 Å². The Kier molecular flexibility index (Phi) is 2.47. The minimum atomic E-state index is 0.577. The maximum Gasteiger partial charge on any atom is 0.0868 e. The molecule has 1 aliphatic carbocycles. The molecule has 1 unspecified atom stereocenters. The van der Waals surface area contributed by atoms with Crippen LogP contribution in [0.5, 0.6) is 0 Å². The van der Waals surface area contributed by atoms with Gasteiger partial charge in [-0.25, -0.2) is 0 Å². The summed E-state index contributed by atoms with van der Waals surface area (Å²) >= 11 is 0. The first kappa shape index (κ1) is 8.52. The Balaban J connectivity index is 2.02. The molecule has 13 heavy (non-hydrogen) atoms. The van der Waals surface area contributed by atoms with Crippen LogP contribution in [0.4, 0.5) is 0 Å². The standard InChI is InChI=1S/C11H14N2/c12-6-8-13-7-5-10-3-1-2-4-11(10)9-13/h1-2,4,10H,3,5,7-9H2.